The Hall–Kier alpha value is -3.85. The third-order valence-corrected chi connectivity index (χ3v) is 5.86. The first-order valence-corrected chi connectivity index (χ1v) is 10.8. The zero-order valence-electron chi connectivity index (χ0n) is 18.5. The molecule has 0 spiro atoms. The number of hydrogen-bond acceptors (Lipinski definition) is 2. The van der Waals surface area contributed by atoms with Gasteiger partial charge in [-0.05, 0) is 52.9 Å². The van der Waals surface area contributed by atoms with Crippen LogP contribution in [0, 0.1) is 0 Å². The van der Waals surface area contributed by atoms with Crippen LogP contribution in [-0.2, 0) is 5.41 Å². The molecule has 158 valence electrons. The highest BCUT2D eigenvalue weighted by Crippen LogP contribution is 2.30. The van der Waals surface area contributed by atoms with Crippen molar-refractivity contribution in [1.82, 2.24) is 4.57 Å². The normalized spacial score (nSPS) is 11.7. The molecular weight excluding hydrogens is 394 g/mol. The summed E-state index contributed by atoms with van der Waals surface area (Å²) in [7, 11) is 0. The minimum absolute atomic E-state index is 0.0354. The Morgan fingerprint density at radius 1 is 0.781 bits per heavy atom. The van der Waals surface area contributed by atoms with E-state index in [9.17, 15) is 4.79 Å². The molecule has 0 radical (unpaired) electrons. The van der Waals surface area contributed by atoms with Crippen LogP contribution < -0.4 is 0 Å². The summed E-state index contributed by atoms with van der Waals surface area (Å²) < 4.78 is 7.69. The molecule has 0 aliphatic rings. The SMILES string of the molecule is CC(C)(C)c1ccc(C(=O)n2cccc2-c2ccc(-c3cc4ccccc4o3)cc2)cc1. The number of para-hydroxylation sites is 1. The van der Waals surface area contributed by atoms with Gasteiger partial charge < -0.3 is 4.42 Å². The van der Waals surface area contributed by atoms with Gasteiger partial charge in [0.1, 0.15) is 11.3 Å². The molecule has 0 N–H and O–H groups in total. The summed E-state index contributed by atoms with van der Waals surface area (Å²) in [6, 6.07) is 30.0. The van der Waals surface area contributed by atoms with Crippen molar-refractivity contribution in [2.75, 3.05) is 0 Å². The van der Waals surface area contributed by atoms with Gasteiger partial charge in [0.05, 0.1) is 5.69 Å². The summed E-state index contributed by atoms with van der Waals surface area (Å²) in [6.07, 6.45) is 1.82. The van der Waals surface area contributed by atoms with Gasteiger partial charge in [-0.2, -0.15) is 0 Å². The van der Waals surface area contributed by atoms with Crippen LogP contribution >= 0.6 is 0 Å². The van der Waals surface area contributed by atoms with Crippen LogP contribution in [-0.4, -0.2) is 10.5 Å². The number of nitrogens with zero attached hydrogens (tertiary/aromatic N) is 1. The van der Waals surface area contributed by atoms with E-state index in [0.29, 0.717) is 5.56 Å². The van der Waals surface area contributed by atoms with Gasteiger partial charge in [0.15, 0.2) is 0 Å². The van der Waals surface area contributed by atoms with Crippen LogP contribution in [0.25, 0.3) is 33.6 Å². The molecule has 0 atom stereocenters. The van der Waals surface area contributed by atoms with Gasteiger partial charge in [-0.3, -0.25) is 9.36 Å². The van der Waals surface area contributed by atoms with Crippen LogP contribution in [0.5, 0.6) is 0 Å². The van der Waals surface area contributed by atoms with E-state index in [1.807, 2.05) is 91.1 Å². The second-order valence-corrected chi connectivity index (χ2v) is 9.12. The maximum atomic E-state index is 13.2. The first-order chi connectivity index (χ1) is 15.4. The van der Waals surface area contributed by atoms with Crippen molar-refractivity contribution in [2.45, 2.75) is 26.2 Å². The molecule has 0 aliphatic carbocycles. The van der Waals surface area contributed by atoms with Gasteiger partial charge in [0.2, 0.25) is 0 Å². The number of benzene rings is 3. The summed E-state index contributed by atoms with van der Waals surface area (Å²) in [5.41, 5.74) is 5.68. The summed E-state index contributed by atoms with van der Waals surface area (Å²) in [4.78, 5) is 13.2. The van der Waals surface area contributed by atoms with Gasteiger partial charge in [-0.25, -0.2) is 0 Å². The van der Waals surface area contributed by atoms with Gasteiger partial charge >= 0.3 is 0 Å². The highest BCUT2D eigenvalue weighted by Gasteiger charge is 2.17. The molecule has 3 heteroatoms. The maximum absolute atomic E-state index is 13.2. The van der Waals surface area contributed by atoms with E-state index < -0.39 is 0 Å². The van der Waals surface area contributed by atoms with E-state index in [2.05, 4.69) is 26.8 Å². The van der Waals surface area contributed by atoms with E-state index in [0.717, 1.165) is 33.6 Å². The Morgan fingerprint density at radius 2 is 1.47 bits per heavy atom. The van der Waals surface area contributed by atoms with Crippen molar-refractivity contribution in [3.8, 4) is 22.6 Å². The lowest BCUT2D eigenvalue weighted by Crippen LogP contribution is -2.14. The Balaban J connectivity index is 1.43. The molecule has 0 aliphatic heterocycles. The van der Waals surface area contributed by atoms with E-state index in [1.54, 1.807) is 4.57 Å². The molecule has 0 amide bonds. The fraction of sp³-hybridized carbons (Fsp3) is 0.138. The molecule has 32 heavy (non-hydrogen) atoms. The number of carbonyl (C=O) groups excluding carboxylic acids is 1. The monoisotopic (exact) mass is 419 g/mol. The summed E-state index contributed by atoms with van der Waals surface area (Å²) in [5.74, 6) is 0.801. The zero-order valence-corrected chi connectivity index (χ0v) is 18.5. The number of aromatic nitrogens is 1. The van der Waals surface area contributed by atoms with E-state index >= 15 is 0 Å². The lowest BCUT2D eigenvalue weighted by atomic mass is 9.86. The zero-order chi connectivity index (χ0) is 22.3. The van der Waals surface area contributed by atoms with Gasteiger partial charge in [0.25, 0.3) is 5.91 Å². The highest BCUT2D eigenvalue weighted by atomic mass is 16.3. The van der Waals surface area contributed by atoms with Crippen molar-refractivity contribution < 1.29 is 9.21 Å². The van der Waals surface area contributed by atoms with Crippen molar-refractivity contribution >= 4 is 16.9 Å². The molecule has 0 saturated heterocycles. The second kappa shape index (κ2) is 7.69. The van der Waals surface area contributed by atoms with Crippen molar-refractivity contribution in [3.63, 3.8) is 0 Å². The van der Waals surface area contributed by atoms with Crippen molar-refractivity contribution in [1.29, 1.82) is 0 Å². The average molecular weight is 420 g/mol. The van der Waals surface area contributed by atoms with Crippen molar-refractivity contribution in [2.24, 2.45) is 0 Å². The Morgan fingerprint density at radius 3 is 2.16 bits per heavy atom. The number of rotatable bonds is 3. The maximum Gasteiger partial charge on any atom is 0.262 e. The Bertz CT molecular complexity index is 1360. The minimum Gasteiger partial charge on any atom is -0.456 e. The molecule has 0 bridgehead atoms. The summed E-state index contributed by atoms with van der Waals surface area (Å²) in [5, 5.41) is 1.09. The van der Waals surface area contributed by atoms with Crippen LogP contribution in [0.4, 0.5) is 0 Å². The summed E-state index contributed by atoms with van der Waals surface area (Å²) >= 11 is 0. The number of carbonyl (C=O) groups is 1. The molecule has 0 fully saturated rings. The van der Waals surface area contributed by atoms with Crippen LogP contribution in [0.2, 0.25) is 0 Å². The topological polar surface area (TPSA) is 35.1 Å². The smallest absolute Gasteiger partial charge is 0.262 e. The predicted octanol–water partition coefficient (Wildman–Crippen LogP) is 7.55. The van der Waals surface area contributed by atoms with Gasteiger partial charge in [-0.15, -0.1) is 0 Å². The second-order valence-electron chi connectivity index (χ2n) is 9.12. The number of fused-ring (bicyclic) bond motifs is 1. The Kier molecular flexibility index (Phi) is 4.82. The standard InChI is InChI=1S/C29H25NO2/c1-29(2,3)24-16-14-22(15-17-24)28(31)30-18-6-8-25(30)20-10-12-21(13-11-20)27-19-23-7-4-5-9-26(23)32-27/h4-19H,1-3H3. The molecule has 2 heterocycles. The number of hydrogen-bond donors (Lipinski definition) is 0. The molecule has 3 aromatic carbocycles. The lowest BCUT2D eigenvalue weighted by molar-refractivity contribution is 0.0962. The highest BCUT2D eigenvalue weighted by molar-refractivity contribution is 5.98. The third kappa shape index (κ3) is 3.67. The van der Waals surface area contributed by atoms with E-state index in [4.69, 9.17) is 4.42 Å². The van der Waals surface area contributed by atoms with E-state index in [-0.39, 0.29) is 11.3 Å². The summed E-state index contributed by atoms with van der Waals surface area (Å²) in [6.45, 7) is 6.51. The molecule has 0 saturated carbocycles. The molecule has 5 rings (SSSR count). The van der Waals surface area contributed by atoms with Gasteiger partial charge in [-0.1, -0.05) is 75.4 Å². The van der Waals surface area contributed by atoms with Gasteiger partial charge in [0, 0.05) is 22.7 Å². The van der Waals surface area contributed by atoms with Crippen molar-refractivity contribution in [3.05, 3.63) is 108 Å². The quantitative estimate of drug-likeness (QED) is 0.302. The average Bonchev–Trinajstić information content (AvgIpc) is 3.45. The van der Waals surface area contributed by atoms with Crippen LogP contribution in [0.3, 0.4) is 0 Å². The number of furan rings is 1. The Labute approximate surface area is 187 Å². The fourth-order valence-electron chi connectivity index (χ4n) is 3.97. The minimum atomic E-state index is -0.0354. The predicted molar refractivity (Wildman–Crippen MR) is 130 cm³/mol. The largest absolute Gasteiger partial charge is 0.456 e. The van der Waals surface area contributed by atoms with Crippen LogP contribution in [0.15, 0.2) is 102 Å². The molecule has 0 unspecified atom stereocenters. The lowest BCUT2D eigenvalue weighted by Gasteiger charge is -2.19. The van der Waals surface area contributed by atoms with E-state index in [1.165, 1.54) is 5.56 Å². The fourth-order valence-corrected chi connectivity index (χ4v) is 3.97. The first-order valence-electron chi connectivity index (χ1n) is 10.8. The molecule has 2 aromatic heterocycles. The molecule has 3 nitrogen and oxygen atoms in total. The first kappa shape index (κ1) is 20.1. The molecular formula is C29H25NO2. The van der Waals surface area contributed by atoms with Crippen LogP contribution in [0.1, 0.15) is 36.7 Å². The third-order valence-electron chi connectivity index (χ3n) is 5.86. The molecule has 5 aromatic rings.